The number of fused-ring (bicyclic) bond motifs is 2. The Hall–Kier alpha value is -3.10. The number of ketones is 2. The Bertz CT molecular complexity index is 1130. The predicted octanol–water partition coefficient (Wildman–Crippen LogP) is 5.09. The molecule has 5 rings (SSSR count). The lowest BCUT2D eigenvalue weighted by atomic mass is 10.1. The molecule has 3 aliphatic heterocycles. The summed E-state index contributed by atoms with van der Waals surface area (Å²) < 4.78 is 22.2. The number of carbonyl (C=O) groups excluding carboxylic acids is 2. The van der Waals surface area contributed by atoms with E-state index in [1.54, 1.807) is 59.9 Å². The maximum absolute atomic E-state index is 13.1. The topological polar surface area (TPSA) is 71.1 Å². The summed E-state index contributed by atoms with van der Waals surface area (Å²) in [5, 5.41) is 0.344. The molecule has 1 fully saturated rings. The highest BCUT2D eigenvalue weighted by molar-refractivity contribution is 8.25. The van der Waals surface area contributed by atoms with Gasteiger partial charge in [-0.05, 0) is 47.5 Å². The van der Waals surface area contributed by atoms with Crippen LogP contribution in [0.15, 0.2) is 58.4 Å². The van der Waals surface area contributed by atoms with Crippen molar-refractivity contribution in [1.82, 2.24) is 0 Å². The summed E-state index contributed by atoms with van der Waals surface area (Å²) >= 11 is 3.12. The van der Waals surface area contributed by atoms with E-state index in [1.165, 1.54) is 12.2 Å². The van der Waals surface area contributed by atoms with Crippen molar-refractivity contribution in [3.8, 4) is 23.0 Å². The van der Waals surface area contributed by atoms with Crippen LogP contribution in [0.25, 0.3) is 12.2 Å². The SMILES string of the molecule is C[C@@H]1CSC(=C(C(=O)/C=C\c2ccc3c(c2)OCO3)C(=O)/C=C\c2ccc3c(c2)OCO3)S1. The molecule has 0 unspecified atom stereocenters. The Kier molecular flexibility index (Phi) is 6.20. The summed E-state index contributed by atoms with van der Waals surface area (Å²) in [5.74, 6) is 2.86. The van der Waals surface area contributed by atoms with Crippen molar-refractivity contribution in [3.63, 3.8) is 0 Å². The monoisotopic (exact) mass is 480 g/mol. The van der Waals surface area contributed by atoms with E-state index in [4.69, 9.17) is 18.9 Å². The molecule has 8 heteroatoms. The van der Waals surface area contributed by atoms with Crippen LogP contribution >= 0.6 is 23.5 Å². The van der Waals surface area contributed by atoms with Gasteiger partial charge in [0.1, 0.15) is 0 Å². The lowest BCUT2D eigenvalue weighted by molar-refractivity contribution is -0.116. The minimum Gasteiger partial charge on any atom is -0.454 e. The molecule has 2 aromatic carbocycles. The average Bonchev–Trinajstić information content (AvgIpc) is 3.56. The van der Waals surface area contributed by atoms with Gasteiger partial charge >= 0.3 is 0 Å². The van der Waals surface area contributed by atoms with Gasteiger partial charge in [-0.25, -0.2) is 0 Å². The number of rotatable bonds is 6. The summed E-state index contributed by atoms with van der Waals surface area (Å²) in [6.45, 7) is 2.46. The number of allylic oxidation sites excluding steroid dienone is 3. The lowest BCUT2D eigenvalue weighted by Crippen LogP contribution is -2.10. The molecule has 6 nitrogen and oxygen atoms in total. The first-order valence-electron chi connectivity index (χ1n) is 10.3. The van der Waals surface area contributed by atoms with Gasteiger partial charge in [-0.2, -0.15) is 0 Å². The number of benzene rings is 2. The second-order valence-electron chi connectivity index (χ2n) is 7.52. The fraction of sp³-hybridized carbons (Fsp3) is 0.200. The maximum Gasteiger partial charge on any atom is 0.231 e. The number of hydrogen-bond acceptors (Lipinski definition) is 8. The number of ether oxygens (including phenoxy) is 4. The summed E-state index contributed by atoms with van der Waals surface area (Å²) in [4.78, 5) is 26.3. The predicted molar refractivity (Wildman–Crippen MR) is 130 cm³/mol. The van der Waals surface area contributed by atoms with Gasteiger partial charge in [0.05, 0.1) is 9.81 Å². The van der Waals surface area contributed by atoms with Gasteiger partial charge in [0.2, 0.25) is 13.6 Å². The van der Waals surface area contributed by atoms with E-state index >= 15 is 0 Å². The molecule has 0 spiro atoms. The fourth-order valence-electron chi connectivity index (χ4n) is 3.44. The van der Waals surface area contributed by atoms with E-state index < -0.39 is 0 Å². The maximum atomic E-state index is 13.1. The van der Waals surface area contributed by atoms with Crippen molar-refractivity contribution < 1.29 is 28.5 Å². The summed E-state index contributed by atoms with van der Waals surface area (Å²) in [7, 11) is 0. The zero-order valence-electron chi connectivity index (χ0n) is 17.7. The number of thioether (sulfide) groups is 2. The third-order valence-electron chi connectivity index (χ3n) is 5.10. The average molecular weight is 481 g/mol. The standard InChI is InChI=1S/C25H20O6S2/c1-15-12-32-25(33-15)24(18(26)6-2-16-4-8-20-22(10-16)30-13-28-20)19(27)7-3-17-5-9-21-23(11-17)31-14-29-21/h2-11,15H,12-14H2,1H3/b6-2-,7-3-/t15-/m1/s1. The molecule has 0 N–H and O–H groups in total. The molecule has 0 amide bonds. The van der Waals surface area contributed by atoms with E-state index in [0.29, 0.717) is 28.2 Å². The molecule has 0 radical (unpaired) electrons. The van der Waals surface area contributed by atoms with E-state index in [2.05, 4.69) is 6.92 Å². The van der Waals surface area contributed by atoms with Crippen LogP contribution in [-0.2, 0) is 9.59 Å². The van der Waals surface area contributed by atoms with Gasteiger partial charge < -0.3 is 18.9 Å². The van der Waals surface area contributed by atoms with Gasteiger partial charge in [0, 0.05) is 11.0 Å². The van der Waals surface area contributed by atoms with Gasteiger partial charge in [0.25, 0.3) is 0 Å². The van der Waals surface area contributed by atoms with Crippen molar-refractivity contribution in [2.24, 2.45) is 0 Å². The molecule has 168 valence electrons. The first kappa shape index (κ1) is 21.7. The van der Waals surface area contributed by atoms with Gasteiger partial charge in [0.15, 0.2) is 34.6 Å². The molecular weight excluding hydrogens is 460 g/mol. The third-order valence-corrected chi connectivity index (χ3v) is 8.08. The largest absolute Gasteiger partial charge is 0.454 e. The molecule has 33 heavy (non-hydrogen) atoms. The Morgan fingerprint density at radius 1 is 0.818 bits per heavy atom. The minimum absolute atomic E-state index is 0.189. The van der Waals surface area contributed by atoms with E-state index in [9.17, 15) is 9.59 Å². The summed E-state index contributed by atoms with van der Waals surface area (Å²) in [5.41, 5.74) is 1.78. The first-order chi connectivity index (χ1) is 16.1. The van der Waals surface area contributed by atoms with Crippen LogP contribution in [0.5, 0.6) is 23.0 Å². The fourth-order valence-corrected chi connectivity index (χ4v) is 6.30. The van der Waals surface area contributed by atoms with Crippen molar-refractivity contribution in [2.45, 2.75) is 12.2 Å². The molecule has 1 atom stereocenters. The van der Waals surface area contributed by atoms with E-state index in [-0.39, 0.29) is 30.7 Å². The molecule has 3 heterocycles. The Balaban J connectivity index is 1.37. The molecule has 3 aliphatic rings. The van der Waals surface area contributed by atoms with Crippen LogP contribution in [-0.4, -0.2) is 36.2 Å². The Morgan fingerprint density at radius 2 is 1.33 bits per heavy atom. The molecule has 0 aliphatic carbocycles. The highest BCUT2D eigenvalue weighted by Crippen LogP contribution is 2.44. The zero-order valence-corrected chi connectivity index (χ0v) is 19.4. The lowest BCUT2D eigenvalue weighted by Gasteiger charge is -2.05. The van der Waals surface area contributed by atoms with E-state index in [1.807, 2.05) is 12.1 Å². The van der Waals surface area contributed by atoms with Crippen LogP contribution in [0.1, 0.15) is 18.1 Å². The number of carbonyl (C=O) groups is 2. The molecule has 1 saturated heterocycles. The highest BCUT2D eigenvalue weighted by atomic mass is 32.2. The normalized spacial score (nSPS) is 18.5. The third kappa shape index (κ3) is 4.82. The quantitative estimate of drug-likeness (QED) is 0.322. The molecule has 0 saturated carbocycles. The second-order valence-corrected chi connectivity index (χ2v) is 10.3. The second kappa shape index (κ2) is 9.41. The smallest absolute Gasteiger partial charge is 0.231 e. The van der Waals surface area contributed by atoms with Gasteiger partial charge in [-0.3, -0.25) is 9.59 Å². The van der Waals surface area contributed by atoms with E-state index in [0.717, 1.165) is 21.1 Å². The summed E-state index contributed by atoms with van der Waals surface area (Å²) in [6, 6.07) is 10.9. The van der Waals surface area contributed by atoms with Crippen molar-refractivity contribution in [1.29, 1.82) is 0 Å². The highest BCUT2D eigenvalue weighted by Gasteiger charge is 2.26. The van der Waals surface area contributed by atoms with Gasteiger partial charge in [-0.1, -0.05) is 31.2 Å². The van der Waals surface area contributed by atoms with Crippen LogP contribution in [0, 0.1) is 0 Å². The van der Waals surface area contributed by atoms with Crippen LogP contribution in [0.4, 0.5) is 0 Å². The molecular formula is C25H20O6S2. The van der Waals surface area contributed by atoms with Crippen molar-refractivity contribution >= 4 is 47.2 Å². The van der Waals surface area contributed by atoms with Crippen LogP contribution < -0.4 is 18.9 Å². The van der Waals surface area contributed by atoms with Crippen molar-refractivity contribution in [3.05, 3.63) is 69.5 Å². The van der Waals surface area contributed by atoms with Gasteiger partial charge in [-0.15, -0.1) is 23.5 Å². The minimum atomic E-state index is -0.322. The molecule has 2 aromatic rings. The Morgan fingerprint density at radius 3 is 1.82 bits per heavy atom. The van der Waals surface area contributed by atoms with Crippen LogP contribution in [0.3, 0.4) is 0 Å². The van der Waals surface area contributed by atoms with Crippen LogP contribution in [0.2, 0.25) is 0 Å². The molecule has 0 aromatic heterocycles. The molecule has 0 bridgehead atoms. The van der Waals surface area contributed by atoms with Crippen molar-refractivity contribution in [2.75, 3.05) is 19.3 Å². The summed E-state index contributed by atoms with van der Waals surface area (Å²) in [6.07, 6.45) is 6.26. The Labute approximate surface area is 199 Å². The first-order valence-corrected chi connectivity index (χ1v) is 12.2. The zero-order chi connectivity index (χ0) is 22.8. The number of hydrogen-bond donors (Lipinski definition) is 0.